The van der Waals surface area contributed by atoms with Crippen LogP contribution in [0.3, 0.4) is 0 Å². The molecule has 0 radical (unpaired) electrons. The first kappa shape index (κ1) is 23.9. The van der Waals surface area contributed by atoms with Crippen molar-refractivity contribution in [2.75, 3.05) is 31.1 Å². The van der Waals surface area contributed by atoms with E-state index in [0.29, 0.717) is 44.0 Å². The van der Waals surface area contributed by atoms with Crippen molar-refractivity contribution in [1.82, 2.24) is 25.2 Å². The zero-order valence-electron chi connectivity index (χ0n) is 20.1. The van der Waals surface area contributed by atoms with Crippen molar-refractivity contribution >= 4 is 22.6 Å². The van der Waals surface area contributed by atoms with Gasteiger partial charge in [0.05, 0.1) is 23.3 Å². The maximum absolute atomic E-state index is 15.2. The molecule has 0 unspecified atom stereocenters. The van der Waals surface area contributed by atoms with Crippen molar-refractivity contribution in [3.63, 3.8) is 0 Å². The summed E-state index contributed by atoms with van der Waals surface area (Å²) in [5.41, 5.74) is 0.860. The molecule has 0 bridgehead atoms. The number of aromatic nitrogens is 3. The lowest BCUT2D eigenvalue weighted by Crippen LogP contribution is -2.46. The molecule has 11 heteroatoms. The fourth-order valence-corrected chi connectivity index (χ4v) is 4.97. The van der Waals surface area contributed by atoms with Crippen LogP contribution in [0.4, 0.5) is 18.9 Å². The van der Waals surface area contributed by atoms with Gasteiger partial charge in [0, 0.05) is 50.7 Å². The number of hydrogen-bond acceptors (Lipinski definition) is 6. The molecule has 1 atom stereocenters. The Morgan fingerprint density at radius 3 is 2.51 bits per heavy atom. The first-order chi connectivity index (χ1) is 17.8. The molecule has 1 saturated heterocycles. The predicted octanol–water partition coefficient (Wildman–Crippen LogP) is 3.18. The van der Waals surface area contributed by atoms with E-state index in [2.05, 4.69) is 30.1 Å². The van der Waals surface area contributed by atoms with Gasteiger partial charge in [-0.25, -0.2) is 23.1 Å². The summed E-state index contributed by atoms with van der Waals surface area (Å²) in [6, 6.07) is 7.07. The van der Waals surface area contributed by atoms with Crippen molar-refractivity contribution in [2.24, 2.45) is 0 Å². The van der Waals surface area contributed by atoms with E-state index in [1.807, 2.05) is 6.07 Å². The van der Waals surface area contributed by atoms with Crippen LogP contribution in [0.2, 0.25) is 0 Å². The number of amides is 1. The number of benzene rings is 1. The van der Waals surface area contributed by atoms with Crippen molar-refractivity contribution in [3.8, 4) is 0 Å². The monoisotopic (exact) mass is 512 g/mol. The number of aromatic amines is 1. The SMILES string of the molecule is O=C(NC1CCC1)c1ccc(N2CCN(Cc3ccc4nc([C@H]5CC5(F)F)c(=O)[nH]c4c3F)CC2)cn1. The Labute approximate surface area is 210 Å². The van der Waals surface area contributed by atoms with Crippen molar-refractivity contribution in [2.45, 2.75) is 50.1 Å². The second-order valence-electron chi connectivity index (χ2n) is 10.2. The van der Waals surface area contributed by atoms with Crippen molar-refractivity contribution in [3.05, 3.63) is 63.6 Å². The van der Waals surface area contributed by atoms with E-state index in [1.165, 1.54) is 0 Å². The van der Waals surface area contributed by atoms with E-state index >= 15 is 4.39 Å². The number of H-pyrrole nitrogens is 1. The number of nitrogens with one attached hydrogen (secondary N) is 2. The zero-order valence-corrected chi connectivity index (χ0v) is 20.1. The molecule has 2 N–H and O–H groups in total. The smallest absolute Gasteiger partial charge is 0.270 e. The van der Waals surface area contributed by atoms with E-state index in [4.69, 9.17) is 0 Å². The van der Waals surface area contributed by atoms with Crippen LogP contribution in [0.25, 0.3) is 11.0 Å². The number of carbonyl (C=O) groups is 1. The molecule has 2 aliphatic carbocycles. The van der Waals surface area contributed by atoms with Crippen LogP contribution in [-0.2, 0) is 6.54 Å². The predicted molar refractivity (Wildman–Crippen MR) is 131 cm³/mol. The highest BCUT2D eigenvalue weighted by atomic mass is 19.3. The maximum atomic E-state index is 15.2. The lowest BCUT2D eigenvalue weighted by molar-refractivity contribution is 0.0911. The summed E-state index contributed by atoms with van der Waals surface area (Å²) in [6.07, 6.45) is 4.50. The van der Waals surface area contributed by atoms with Crippen LogP contribution in [-0.4, -0.2) is 63.9 Å². The molecule has 3 aromatic rings. The summed E-state index contributed by atoms with van der Waals surface area (Å²) in [4.78, 5) is 39.7. The number of pyridine rings is 1. The number of hydrogen-bond donors (Lipinski definition) is 2. The van der Waals surface area contributed by atoms with Gasteiger partial charge in [0.1, 0.15) is 16.9 Å². The molecular formula is C26H27F3N6O2. The standard InChI is InChI=1S/C26H27F3N6O2/c27-21-15(4-6-19-23(21)33-25(37)22(32-19)18-12-26(18,28)29)14-34-8-10-35(11-9-34)17-5-7-20(30-13-17)24(36)31-16-2-1-3-16/h4-7,13,16,18H,1-3,8-12,14H2,(H,31,36)(H,33,37)/t18-/m1/s1. The van der Waals surface area contributed by atoms with Gasteiger partial charge >= 0.3 is 0 Å². The third kappa shape index (κ3) is 4.68. The molecule has 1 aliphatic heterocycles. The molecular weight excluding hydrogens is 485 g/mol. The highest BCUT2D eigenvalue weighted by molar-refractivity contribution is 5.92. The van der Waals surface area contributed by atoms with E-state index in [1.54, 1.807) is 24.4 Å². The highest BCUT2D eigenvalue weighted by Crippen LogP contribution is 2.54. The van der Waals surface area contributed by atoms with Crippen molar-refractivity contribution in [1.29, 1.82) is 0 Å². The molecule has 194 valence electrons. The van der Waals surface area contributed by atoms with Crippen LogP contribution in [0.1, 0.15) is 53.3 Å². The summed E-state index contributed by atoms with van der Waals surface area (Å²) >= 11 is 0. The van der Waals surface area contributed by atoms with E-state index in [9.17, 15) is 18.4 Å². The van der Waals surface area contributed by atoms with Gasteiger partial charge in [0.25, 0.3) is 17.4 Å². The Hall–Kier alpha value is -3.47. The molecule has 3 aliphatic rings. The minimum Gasteiger partial charge on any atom is -0.368 e. The Morgan fingerprint density at radius 1 is 1.14 bits per heavy atom. The fourth-order valence-electron chi connectivity index (χ4n) is 4.97. The second kappa shape index (κ2) is 9.13. The van der Waals surface area contributed by atoms with Crippen LogP contribution < -0.4 is 15.8 Å². The highest BCUT2D eigenvalue weighted by Gasteiger charge is 2.59. The molecule has 3 fully saturated rings. The third-order valence-corrected chi connectivity index (χ3v) is 7.62. The van der Waals surface area contributed by atoms with Crippen LogP contribution in [0.15, 0.2) is 35.3 Å². The van der Waals surface area contributed by atoms with Gasteiger partial charge in [0.15, 0.2) is 5.82 Å². The van der Waals surface area contributed by atoms with Crippen LogP contribution in [0.5, 0.6) is 0 Å². The van der Waals surface area contributed by atoms with Crippen LogP contribution in [0, 0.1) is 5.82 Å². The number of alkyl halides is 2. The Morgan fingerprint density at radius 2 is 1.89 bits per heavy atom. The summed E-state index contributed by atoms with van der Waals surface area (Å²) < 4.78 is 42.0. The average molecular weight is 513 g/mol. The van der Waals surface area contributed by atoms with E-state index in [0.717, 1.165) is 24.9 Å². The second-order valence-corrected chi connectivity index (χ2v) is 10.2. The van der Waals surface area contributed by atoms with Gasteiger partial charge in [0.2, 0.25) is 0 Å². The Kier molecular flexibility index (Phi) is 5.89. The van der Waals surface area contributed by atoms with Gasteiger partial charge in [-0.05, 0) is 37.5 Å². The quantitative estimate of drug-likeness (QED) is 0.527. The number of fused-ring (bicyclic) bond motifs is 1. The fraction of sp³-hybridized carbons (Fsp3) is 0.462. The van der Waals surface area contributed by atoms with Gasteiger partial charge in [-0.15, -0.1) is 0 Å². The van der Waals surface area contributed by atoms with E-state index in [-0.39, 0.29) is 28.7 Å². The molecule has 2 aromatic heterocycles. The summed E-state index contributed by atoms with van der Waals surface area (Å²) in [5, 5.41) is 2.99. The molecule has 1 amide bonds. The number of piperazine rings is 1. The van der Waals surface area contributed by atoms with Gasteiger partial charge < -0.3 is 15.2 Å². The van der Waals surface area contributed by atoms with Crippen molar-refractivity contribution < 1.29 is 18.0 Å². The number of anilines is 1. The number of halogens is 3. The number of rotatable bonds is 6. The lowest BCUT2D eigenvalue weighted by Gasteiger charge is -2.36. The third-order valence-electron chi connectivity index (χ3n) is 7.62. The minimum absolute atomic E-state index is 0.0543. The molecule has 6 rings (SSSR count). The minimum atomic E-state index is -2.92. The van der Waals surface area contributed by atoms with Gasteiger partial charge in [-0.1, -0.05) is 6.07 Å². The van der Waals surface area contributed by atoms with Crippen LogP contribution >= 0.6 is 0 Å². The first-order valence-corrected chi connectivity index (χ1v) is 12.6. The Bertz CT molecular complexity index is 1400. The molecule has 37 heavy (non-hydrogen) atoms. The Balaban J connectivity index is 1.08. The number of carbonyl (C=O) groups excluding carboxylic acids is 1. The topological polar surface area (TPSA) is 94.2 Å². The molecule has 2 saturated carbocycles. The number of nitrogens with zero attached hydrogens (tertiary/aromatic N) is 4. The van der Waals surface area contributed by atoms with Gasteiger partial charge in [-0.2, -0.15) is 0 Å². The lowest BCUT2D eigenvalue weighted by atomic mass is 9.93. The maximum Gasteiger partial charge on any atom is 0.270 e. The molecule has 1 aromatic carbocycles. The van der Waals surface area contributed by atoms with Gasteiger partial charge in [-0.3, -0.25) is 14.5 Å². The summed E-state index contributed by atoms with van der Waals surface area (Å²) in [6.45, 7) is 3.14. The summed E-state index contributed by atoms with van der Waals surface area (Å²) in [7, 11) is 0. The first-order valence-electron chi connectivity index (χ1n) is 12.6. The molecule has 8 nitrogen and oxygen atoms in total. The summed E-state index contributed by atoms with van der Waals surface area (Å²) in [5.74, 6) is -4.85. The van der Waals surface area contributed by atoms with E-state index < -0.39 is 29.6 Å². The largest absolute Gasteiger partial charge is 0.368 e. The zero-order chi connectivity index (χ0) is 25.7. The average Bonchev–Trinajstić information content (AvgIpc) is 3.51. The molecule has 0 spiro atoms. The molecule has 3 heterocycles. The normalized spacial score (nSPS) is 21.6.